The minimum atomic E-state index is -1.07. The van der Waals surface area contributed by atoms with Crippen LogP contribution in [-0.4, -0.2) is 16.6 Å². The highest BCUT2D eigenvalue weighted by molar-refractivity contribution is 5.82. The lowest BCUT2D eigenvalue weighted by molar-refractivity contribution is -0.141. The van der Waals surface area contributed by atoms with Gasteiger partial charge in [-0.15, -0.1) is 0 Å². The van der Waals surface area contributed by atoms with Crippen LogP contribution in [0.5, 0.6) is 0 Å². The van der Waals surface area contributed by atoms with Gasteiger partial charge in [0.2, 0.25) is 0 Å². The van der Waals surface area contributed by atoms with Gasteiger partial charge in [0.05, 0.1) is 0 Å². The highest BCUT2D eigenvalue weighted by Gasteiger charge is 2.26. The molecule has 0 heterocycles. The van der Waals surface area contributed by atoms with Gasteiger partial charge in [-0.3, -0.25) is 0 Å². The summed E-state index contributed by atoms with van der Waals surface area (Å²) in [5.74, 6) is -1.28. The summed E-state index contributed by atoms with van der Waals surface area (Å²) in [6.45, 7) is 4.83. The van der Waals surface area contributed by atoms with Crippen LogP contribution in [0.1, 0.15) is 19.4 Å². The number of aliphatic carboxylic acids is 1. The third-order valence-electron chi connectivity index (χ3n) is 2.17. The summed E-state index contributed by atoms with van der Waals surface area (Å²) in [5.41, 5.74) is 0.246. The first kappa shape index (κ1) is 11.5. The number of carbonyl (C=O) groups is 1. The Kier molecular flexibility index (Phi) is 2.98. The second-order valence-electron chi connectivity index (χ2n) is 4.01. The molecule has 15 heavy (non-hydrogen) atoms. The number of rotatable bonds is 3. The van der Waals surface area contributed by atoms with Gasteiger partial charge in [0, 0.05) is 5.69 Å². The molecule has 0 aliphatic carbocycles. The Morgan fingerprint density at radius 3 is 2.53 bits per heavy atom. The highest BCUT2D eigenvalue weighted by atomic mass is 19.1. The van der Waals surface area contributed by atoms with Crippen molar-refractivity contribution in [3.8, 4) is 0 Å². The zero-order valence-electron chi connectivity index (χ0n) is 8.97. The molecule has 0 atom stereocenters. The van der Waals surface area contributed by atoms with E-state index in [0.29, 0.717) is 11.3 Å². The maximum absolute atomic E-state index is 12.8. The Labute approximate surface area is 87.9 Å². The second kappa shape index (κ2) is 3.88. The van der Waals surface area contributed by atoms with Crippen LogP contribution in [0.4, 0.5) is 10.1 Å². The van der Waals surface area contributed by atoms with Crippen LogP contribution in [-0.2, 0) is 4.79 Å². The molecule has 0 unspecified atom stereocenters. The fourth-order valence-electron chi connectivity index (χ4n) is 1.16. The standard InChI is InChI=1S/C11H14FNO2/c1-7-6-8(12)4-5-9(7)13-11(2,3)10(14)15/h4-6,13H,1-3H3,(H,14,15). The molecule has 0 spiro atoms. The van der Waals surface area contributed by atoms with E-state index in [-0.39, 0.29) is 5.82 Å². The Balaban J connectivity index is 2.95. The van der Waals surface area contributed by atoms with Gasteiger partial charge in [-0.1, -0.05) is 0 Å². The van der Waals surface area contributed by atoms with Gasteiger partial charge in [-0.25, -0.2) is 9.18 Å². The van der Waals surface area contributed by atoms with E-state index in [0.717, 1.165) is 0 Å². The molecule has 0 aliphatic heterocycles. The average molecular weight is 211 g/mol. The van der Waals surface area contributed by atoms with Crippen molar-refractivity contribution in [2.45, 2.75) is 26.3 Å². The minimum absolute atomic E-state index is 0.328. The number of anilines is 1. The molecule has 0 saturated carbocycles. The van der Waals surface area contributed by atoms with Crippen LogP contribution in [0.25, 0.3) is 0 Å². The van der Waals surface area contributed by atoms with E-state index in [9.17, 15) is 9.18 Å². The molecule has 1 aromatic rings. The first-order chi connectivity index (χ1) is 6.83. The normalized spacial score (nSPS) is 11.2. The summed E-state index contributed by atoms with van der Waals surface area (Å²) >= 11 is 0. The van der Waals surface area contributed by atoms with Crippen molar-refractivity contribution >= 4 is 11.7 Å². The number of hydrogen-bond donors (Lipinski definition) is 2. The van der Waals surface area contributed by atoms with Crippen LogP contribution in [0, 0.1) is 12.7 Å². The zero-order chi connectivity index (χ0) is 11.6. The summed E-state index contributed by atoms with van der Waals surface area (Å²) < 4.78 is 12.8. The molecule has 0 radical (unpaired) electrons. The van der Waals surface area contributed by atoms with Crippen molar-refractivity contribution in [1.82, 2.24) is 0 Å². The largest absolute Gasteiger partial charge is 0.480 e. The number of aryl methyl sites for hydroxylation is 1. The van der Waals surface area contributed by atoms with Crippen LogP contribution >= 0.6 is 0 Å². The highest BCUT2D eigenvalue weighted by Crippen LogP contribution is 2.20. The predicted molar refractivity (Wildman–Crippen MR) is 56.5 cm³/mol. The van der Waals surface area contributed by atoms with Gasteiger partial charge in [0.1, 0.15) is 11.4 Å². The van der Waals surface area contributed by atoms with Crippen molar-refractivity contribution in [1.29, 1.82) is 0 Å². The van der Waals surface area contributed by atoms with Crippen molar-refractivity contribution in [3.63, 3.8) is 0 Å². The molecule has 82 valence electrons. The van der Waals surface area contributed by atoms with Crippen LogP contribution in [0.2, 0.25) is 0 Å². The van der Waals surface area contributed by atoms with Gasteiger partial charge in [-0.2, -0.15) is 0 Å². The lowest BCUT2D eigenvalue weighted by Gasteiger charge is -2.23. The monoisotopic (exact) mass is 211 g/mol. The number of nitrogens with one attached hydrogen (secondary N) is 1. The van der Waals surface area contributed by atoms with Gasteiger partial charge < -0.3 is 10.4 Å². The van der Waals surface area contributed by atoms with Gasteiger partial charge in [0.15, 0.2) is 0 Å². The molecular formula is C11H14FNO2. The molecule has 1 aromatic carbocycles. The van der Waals surface area contributed by atoms with Crippen LogP contribution in [0.3, 0.4) is 0 Å². The van der Waals surface area contributed by atoms with E-state index >= 15 is 0 Å². The van der Waals surface area contributed by atoms with Gasteiger partial charge in [0.25, 0.3) is 0 Å². The molecule has 3 nitrogen and oxygen atoms in total. The molecule has 0 saturated heterocycles. The lowest BCUT2D eigenvalue weighted by atomic mass is 10.0. The van der Waals surface area contributed by atoms with E-state index in [1.807, 2.05) is 0 Å². The summed E-state index contributed by atoms with van der Waals surface area (Å²) in [6, 6.07) is 4.20. The molecule has 4 heteroatoms. The zero-order valence-corrected chi connectivity index (χ0v) is 8.97. The van der Waals surface area contributed by atoms with E-state index in [2.05, 4.69) is 5.32 Å². The van der Waals surface area contributed by atoms with Crippen molar-refractivity contribution in [2.75, 3.05) is 5.32 Å². The fraction of sp³-hybridized carbons (Fsp3) is 0.364. The number of carboxylic acid groups (broad SMARTS) is 1. The fourth-order valence-corrected chi connectivity index (χ4v) is 1.16. The Morgan fingerprint density at radius 1 is 1.47 bits per heavy atom. The van der Waals surface area contributed by atoms with Gasteiger partial charge >= 0.3 is 5.97 Å². The summed E-state index contributed by atoms with van der Waals surface area (Å²) in [4.78, 5) is 10.9. The summed E-state index contributed by atoms with van der Waals surface area (Å²) in [5, 5.41) is 11.8. The SMILES string of the molecule is Cc1cc(F)ccc1NC(C)(C)C(=O)O. The molecular weight excluding hydrogens is 197 g/mol. The molecule has 0 amide bonds. The Bertz CT molecular complexity index is 388. The first-order valence-electron chi connectivity index (χ1n) is 4.60. The van der Waals surface area contributed by atoms with E-state index < -0.39 is 11.5 Å². The molecule has 2 N–H and O–H groups in total. The predicted octanol–water partition coefficient (Wildman–Crippen LogP) is 2.41. The van der Waals surface area contributed by atoms with Crippen molar-refractivity contribution in [2.24, 2.45) is 0 Å². The maximum atomic E-state index is 12.8. The van der Waals surface area contributed by atoms with Crippen molar-refractivity contribution < 1.29 is 14.3 Å². The number of halogens is 1. The van der Waals surface area contributed by atoms with E-state index in [4.69, 9.17) is 5.11 Å². The third kappa shape index (κ3) is 2.68. The number of carboxylic acids is 1. The smallest absolute Gasteiger partial charge is 0.328 e. The minimum Gasteiger partial charge on any atom is -0.480 e. The lowest BCUT2D eigenvalue weighted by Crippen LogP contribution is -2.40. The maximum Gasteiger partial charge on any atom is 0.328 e. The molecule has 0 fully saturated rings. The first-order valence-corrected chi connectivity index (χ1v) is 4.60. The third-order valence-corrected chi connectivity index (χ3v) is 2.17. The molecule has 1 rings (SSSR count). The Hall–Kier alpha value is -1.58. The van der Waals surface area contributed by atoms with E-state index in [1.165, 1.54) is 18.2 Å². The quantitative estimate of drug-likeness (QED) is 0.807. The van der Waals surface area contributed by atoms with Crippen molar-refractivity contribution in [3.05, 3.63) is 29.6 Å². The number of hydrogen-bond acceptors (Lipinski definition) is 2. The Morgan fingerprint density at radius 2 is 2.07 bits per heavy atom. The average Bonchev–Trinajstić information content (AvgIpc) is 2.09. The summed E-state index contributed by atoms with van der Waals surface area (Å²) in [6.07, 6.45) is 0. The number of benzene rings is 1. The molecule has 0 aromatic heterocycles. The topological polar surface area (TPSA) is 49.3 Å². The summed E-state index contributed by atoms with van der Waals surface area (Å²) in [7, 11) is 0. The van der Waals surface area contributed by atoms with Crippen LogP contribution in [0.15, 0.2) is 18.2 Å². The molecule has 0 bridgehead atoms. The van der Waals surface area contributed by atoms with Gasteiger partial charge in [-0.05, 0) is 44.5 Å². The molecule has 0 aliphatic rings. The van der Waals surface area contributed by atoms with Crippen LogP contribution < -0.4 is 5.32 Å². The van der Waals surface area contributed by atoms with E-state index in [1.54, 1.807) is 20.8 Å². The second-order valence-corrected chi connectivity index (χ2v) is 4.01.